The van der Waals surface area contributed by atoms with Gasteiger partial charge in [-0.05, 0) is 47.5 Å². The summed E-state index contributed by atoms with van der Waals surface area (Å²) < 4.78 is 0. The van der Waals surface area contributed by atoms with Crippen LogP contribution >= 0.6 is 0 Å². The first-order chi connectivity index (χ1) is 15.4. The summed E-state index contributed by atoms with van der Waals surface area (Å²) in [4.78, 5) is 20.5. The highest BCUT2D eigenvalue weighted by Gasteiger charge is 2.20. The van der Waals surface area contributed by atoms with Crippen molar-refractivity contribution in [1.29, 1.82) is 0 Å². The quantitative estimate of drug-likeness (QED) is 0.444. The summed E-state index contributed by atoms with van der Waals surface area (Å²) in [6.07, 6.45) is 2.06. The highest BCUT2D eigenvalue weighted by atomic mass is 16.1. The van der Waals surface area contributed by atoms with Crippen molar-refractivity contribution in [2.24, 2.45) is 0 Å². The number of benzene rings is 3. The van der Waals surface area contributed by atoms with Gasteiger partial charge in [-0.3, -0.25) is 4.79 Å². The molecule has 164 valence electrons. The van der Waals surface area contributed by atoms with Crippen LogP contribution in [0.1, 0.15) is 27.4 Å². The lowest BCUT2D eigenvalue weighted by atomic mass is 9.90. The van der Waals surface area contributed by atoms with Gasteiger partial charge in [-0.1, -0.05) is 36.4 Å². The van der Waals surface area contributed by atoms with Gasteiger partial charge < -0.3 is 20.1 Å². The first-order valence-electron chi connectivity index (χ1n) is 10.8. The summed E-state index contributed by atoms with van der Waals surface area (Å²) in [7, 11) is 8.02. The summed E-state index contributed by atoms with van der Waals surface area (Å²) in [6, 6.07) is 24.5. The highest BCUT2D eigenvalue weighted by molar-refractivity contribution is 5.95. The van der Waals surface area contributed by atoms with E-state index in [1.165, 1.54) is 16.5 Å². The Morgan fingerprint density at radius 3 is 2.31 bits per heavy atom. The monoisotopic (exact) mass is 426 g/mol. The van der Waals surface area contributed by atoms with Crippen molar-refractivity contribution in [3.63, 3.8) is 0 Å². The van der Waals surface area contributed by atoms with Crippen LogP contribution in [-0.4, -0.2) is 45.6 Å². The predicted molar refractivity (Wildman–Crippen MR) is 134 cm³/mol. The van der Waals surface area contributed by atoms with Crippen molar-refractivity contribution in [2.45, 2.75) is 5.92 Å². The molecule has 1 atom stereocenters. The Hall–Kier alpha value is -3.73. The van der Waals surface area contributed by atoms with Gasteiger partial charge in [-0.2, -0.15) is 0 Å². The number of amides is 1. The smallest absolute Gasteiger partial charge is 0.251 e. The normalized spacial score (nSPS) is 11.9. The third-order valence-electron chi connectivity index (χ3n) is 5.90. The molecule has 0 fully saturated rings. The minimum atomic E-state index is -0.0662. The molecule has 1 aromatic heterocycles. The van der Waals surface area contributed by atoms with E-state index in [-0.39, 0.29) is 11.8 Å². The summed E-state index contributed by atoms with van der Waals surface area (Å²) in [5, 5.41) is 4.35. The third-order valence-corrected chi connectivity index (χ3v) is 5.90. The molecule has 0 spiro atoms. The number of hydrogen-bond donors (Lipinski definition) is 2. The van der Waals surface area contributed by atoms with Gasteiger partial charge >= 0.3 is 0 Å². The Morgan fingerprint density at radius 2 is 1.59 bits per heavy atom. The molecule has 1 heterocycles. The topological polar surface area (TPSA) is 51.4 Å². The minimum Gasteiger partial charge on any atom is -0.378 e. The van der Waals surface area contributed by atoms with Gasteiger partial charge in [0.15, 0.2) is 0 Å². The zero-order valence-electron chi connectivity index (χ0n) is 19.1. The van der Waals surface area contributed by atoms with Crippen molar-refractivity contribution in [1.82, 2.24) is 10.3 Å². The molecule has 32 heavy (non-hydrogen) atoms. The molecule has 2 N–H and O–H groups in total. The van der Waals surface area contributed by atoms with Crippen LogP contribution in [0.3, 0.4) is 0 Å². The number of carbonyl (C=O) groups excluding carboxylic acids is 1. The van der Waals surface area contributed by atoms with E-state index in [4.69, 9.17) is 0 Å². The first kappa shape index (κ1) is 21.5. The minimum absolute atomic E-state index is 0.0309. The number of carbonyl (C=O) groups is 1. The highest BCUT2D eigenvalue weighted by Crippen LogP contribution is 2.31. The number of fused-ring (bicyclic) bond motifs is 1. The van der Waals surface area contributed by atoms with Crippen molar-refractivity contribution >= 4 is 28.2 Å². The van der Waals surface area contributed by atoms with E-state index < -0.39 is 0 Å². The number of aromatic amines is 1. The molecule has 0 unspecified atom stereocenters. The Kier molecular flexibility index (Phi) is 6.17. The molecule has 0 aliphatic heterocycles. The van der Waals surface area contributed by atoms with E-state index in [1.54, 1.807) is 0 Å². The standard InChI is InChI=1S/C27H30N4O/c1-30(2)21-14-12-19(13-15-21)24(25-18-28-26-11-6-5-10-23(25)26)17-29-27(32)20-8-7-9-22(16-20)31(3)4/h5-16,18,24,28H,17H2,1-4H3,(H,29,32)/t24-/m0/s1. The molecule has 5 heteroatoms. The summed E-state index contributed by atoms with van der Waals surface area (Å²) in [6.45, 7) is 0.508. The Bertz CT molecular complexity index is 1210. The number of para-hydroxylation sites is 1. The molecular formula is C27H30N4O. The lowest BCUT2D eigenvalue weighted by Gasteiger charge is -2.20. The van der Waals surface area contributed by atoms with E-state index in [1.807, 2.05) is 63.4 Å². The fourth-order valence-corrected chi connectivity index (χ4v) is 4.02. The van der Waals surface area contributed by atoms with Gasteiger partial charge in [-0.25, -0.2) is 0 Å². The van der Waals surface area contributed by atoms with Gasteiger partial charge in [0, 0.05) is 74.7 Å². The van der Waals surface area contributed by atoms with Crippen molar-refractivity contribution in [2.75, 3.05) is 44.5 Å². The van der Waals surface area contributed by atoms with E-state index in [2.05, 4.69) is 63.9 Å². The molecule has 3 aromatic carbocycles. The lowest BCUT2D eigenvalue weighted by molar-refractivity contribution is 0.0952. The second kappa shape index (κ2) is 9.18. The molecule has 4 rings (SSSR count). The van der Waals surface area contributed by atoms with Crippen LogP contribution in [0.5, 0.6) is 0 Å². The van der Waals surface area contributed by atoms with Crippen molar-refractivity contribution < 1.29 is 4.79 Å². The van der Waals surface area contributed by atoms with Gasteiger partial charge in [0.05, 0.1) is 0 Å². The van der Waals surface area contributed by atoms with E-state index in [0.29, 0.717) is 12.1 Å². The molecule has 0 saturated carbocycles. The molecule has 0 saturated heterocycles. The maximum Gasteiger partial charge on any atom is 0.251 e. The van der Waals surface area contributed by atoms with Crippen molar-refractivity contribution in [3.8, 4) is 0 Å². The molecule has 0 radical (unpaired) electrons. The van der Waals surface area contributed by atoms with Crippen LogP contribution in [0.15, 0.2) is 79.0 Å². The number of nitrogens with zero attached hydrogens (tertiary/aromatic N) is 2. The fourth-order valence-electron chi connectivity index (χ4n) is 4.02. The molecule has 0 aliphatic carbocycles. The number of aromatic nitrogens is 1. The maximum absolute atomic E-state index is 13.0. The van der Waals surface area contributed by atoms with Crippen LogP contribution in [0.2, 0.25) is 0 Å². The molecule has 0 bridgehead atoms. The zero-order chi connectivity index (χ0) is 22.7. The number of H-pyrrole nitrogens is 1. The molecule has 1 amide bonds. The van der Waals surface area contributed by atoms with Crippen LogP contribution in [0, 0.1) is 0 Å². The van der Waals surface area contributed by atoms with Crippen LogP contribution in [0.4, 0.5) is 11.4 Å². The molecule has 5 nitrogen and oxygen atoms in total. The average Bonchev–Trinajstić information content (AvgIpc) is 3.23. The Balaban J connectivity index is 1.64. The number of hydrogen-bond acceptors (Lipinski definition) is 3. The SMILES string of the molecule is CN(C)c1ccc([C@H](CNC(=O)c2cccc(N(C)C)c2)c2c[nH]c3ccccc23)cc1. The largest absolute Gasteiger partial charge is 0.378 e. The van der Waals surface area contributed by atoms with E-state index >= 15 is 0 Å². The third kappa shape index (κ3) is 4.47. The molecular weight excluding hydrogens is 396 g/mol. The predicted octanol–water partition coefficient (Wildman–Crippen LogP) is 4.86. The first-order valence-corrected chi connectivity index (χ1v) is 10.8. The summed E-state index contributed by atoms with van der Waals surface area (Å²) >= 11 is 0. The molecule has 4 aromatic rings. The van der Waals surface area contributed by atoms with Gasteiger partial charge in [-0.15, -0.1) is 0 Å². The second-order valence-electron chi connectivity index (χ2n) is 8.48. The van der Waals surface area contributed by atoms with Crippen LogP contribution in [-0.2, 0) is 0 Å². The van der Waals surface area contributed by atoms with Crippen LogP contribution < -0.4 is 15.1 Å². The number of nitrogens with one attached hydrogen (secondary N) is 2. The lowest BCUT2D eigenvalue weighted by Crippen LogP contribution is -2.29. The molecule has 0 aliphatic rings. The van der Waals surface area contributed by atoms with Gasteiger partial charge in [0.2, 0.25) is 0 Å². The Morgan fingerprint density at radius 1 is 0.875 bits per heavy atom. The Labute approximate surface area is 189 Å². The van der Waals surface area contributed by atoms with E-state index in [0.717, 1.165) is 16.9 Å². The number of rotatable bonds is 7. The van der Waals surface area contributed by atoms with E-state index in [9.17, 15) is 4.79 Å². The number of anilines is 2. The second-order valence-corrected chi connectivity index (χ2v) is 8.48. The van der Waals surface area contributed by atoms with Crippen LogP contribution in [0.25, 0.3) is 10.9 Å². The van der Waals surface area contributed by atoms with Crippen molar-refractivity contribution in [3.05, 3.63) is 95.7 Å². The summed E-state index contributed by atoms with van der Waals surface area (Å²) in [5.74, 6) is -0.0354. The summed E-state index contributed by atoms with van der Waals surface area (Å²) in [5.41, 5.74) is 6.27. The fraction of sp³-hybridized carbons (Fsp3) is 0.222. The van der Waals surface area contributed by atoms with Gasteiger partial charge in [0.1, 0.15) is 0 Å². The van der Waals surface area contributed by atoms with Gasteiger partial charge in [0.25, 0.3) is 5.91 Å². The maximum atomic E-state index is 13.0. The average molecular weight is 427 g/mol. The zero-order valence-corrected chi connectivity index (χ0v) is 19.1.